The van der Waals surface area contributed by atoms with Crippen molar-refractivity contribution in [3.05, 3.63) is 102 Å². The summed E-state index contributed by atoms with van der Waals surface area (Å²) >= 11 is 5.94. The number of nitrogens with zero attached hydrogens (tertiary/aromatic N) is 3. The van der Waals surface area contributed by atoms with E-state index in [0.29, 0.717) is 10.8 Å². The molecule has 0 amide bonds. The van der Waals surface area contributed by atoms with Crippen molar-refractivity contribution in [3.8, 4) is 17.1 Å². The van der Waals surface area contributed by atoms with E-state index in [0.717, 1.165) is 33.6 Å². The highest BCUT2D eigenvalue weighted by molar-refractivity contribution is 6.30. The average Bonchev–Trinajstić information content (AvgIpc) is 3.40. The molecule has 6 heteroatoms. The molecular weight excluding hydrogens is 396 g/mol. The van der Waals surface area contributed by atoms with Crippen molar-refractivity contribution in [2.75, 3.05) is 5.43 Å². The number of nitrogens with one attached hydrogen (secondary N) is 1. The molecule has 0 fully saturated rings. The van der Waals surface area contributed by atoms with E-state index in [-0.39, 0.29) is 0 Å². The van der Waals surface area contributed by atoms with E-state index in [2.05, 4.69) is 10.5 Å². The minimum atomic E-state index is 0.681. The first-order valence-electron chi connectivity index (χ1n) is 9.45. The number of aromatic nitrogens is 2. The third-order valence-electron chi connectivity index (χ3n) is 4.66. The molecule has 2 aromatic heterocycles. The summed E-state index contributed by atoms with van der Waals surface area (Å²) in [5, 5.41) is 10.9. The number of para-hydroxylation sites is 2. The summed E-state index contributed by atoms with van der Waals surface area (Å²) in [5.41, 5.74) is 7.20. The van der Waals surface area contributed by atoms with Crippen LogP contribution in [0.25, 0.3) is 28.1 Å². The molecule has 1 N–H and O–H groups in total. The smallest absolute Gasteiger partial charge is 0.156 e. The van der Waals surface area contributed by atoms with E-state index in [1.165, 1.54) is 0 Å². The van der Waals surface area contributed by atoms with Crippen molar-refractivity contribution in [2.24, 2.45) is 5.10 Å². The highest BCUT2D eigenvalue weighted by Gasteiger charge is 2.15. The third-order valence-corrected chi connectivity index (χ3v) is 4.92. The standard InChI is InChI=1S/C24H17ClN4O/c25-19-10-12-20(13-11-19)27-26-15-18-16-29(21-7-2-1-3-8-21)28-24(18)23-14-17-6-4-5-9-22(17)30-23/h1-16,27H/b26-15-. The molecule has 0 atom stereocenters. The van der Waals surface area contributed by atoms with Crippen molar-refractivity contribution in [1.82, 2.24) is 9.78 Å². The number of hydrogen-bond acceptors (Lipinski definition) is 4. The van der Waals surface area contributed by atoms with Crippen LogP contribution in [0.15, 0.2) is 101 Å². The second kappa shape index (κ2) is 7.89. The van der Waals surface area contributed by atoms with Crippen LogP contribution in [0, 0.1) is 0 Å². The van der Waals surface area contributed by atoms with Crippen LogP contribution in [0.3, 0.4) is 0 Å². The zero-order chi connectivity index (χ0) is 20.3. The predicted octanol–water partition coefficient (Wildman–Crippen LogP) is 6.38. The van der Waals surface area contributed by atoms with Crippen LogP contribution >= 0.6 is 11.6 Å². The van der Waals surface area contributed by atoms with E-state index in [1.54, 1.807) is 6.21 Å². The summed E-state index contributed by atoms with van der Waals surface area (Å²) in [7, 11) is 0. The van der Waals surface area contributed by atoms with E-state index >= 15 is 0 Å². The Morgan fingerprint density at radius 3 is 2.50 bits per heavy atom. The minimum Gasteiger partial charge on any atom is -0.454 e. The number of fused-ring (bicyclic) bond motifs is 1. The fourth-order valence-corrected chi connectivity index (χ4v) is 3.31. The SMILES string of the molecule is Clc1ccc(N/N=C\c2cn(-c3ccccc3)nc2-c2cc3ccccc3o2)cc1. The number of furan rings is 1. The topological polar surface area (TPSA) is 55.4 Å². The highest BCUT2D eigenvalue weighted by atomic mass is 35.5. The van der Waals surface area contributed by atoms with Crippen molar-refractivity contribution in [2.45, 2.75) is 0 Å². The van der Waals surface area contributed by atoms with Gasteiger partial charge in [-0.15, -0.1) is 0 Å². The molecule has 2 heterocycles. The summed E-state index contributed by atoms with van der Waals surface area (Å²) in [5.74, 6) is 0.693. The van der Waals surface area contributed by atoms with Crippen LogP contribution in [-0.4, -0.2) is 16.0 Å². The first-order valence-corrected chi connectivity index (χ1v) is 9.83. The highest BCUT2D eigenvalue weighted by Crippen LogP contribution is 2.29. The summed E-state index contributed by atoms with van der Waals surface area (Å²) in [6.45, 7) is 0. The van der Waals surface area contributed by atoms with Crippen molar-refractivity contribution >= 4 is 34.5 Å². The van der Waals surface area contributed by atoms with E-state index < -0.39 is 0 Å². The molecule has 0 aliphatic rings. The van der Waals surface area contributed by atoms with Crippen LogP contribution in [0.1, 0.15) is 5.56 Å². The van der Waals surface area contributed by atoms with Crippen LogP contribution in [-0.2, 0) is 0 Å². The molecule has 0 aliphatic carbocycles. The predicted molar refractivity (Wildman–Crippen MR) is 121 cm³/mol. The molecule has 146 valence electrons. The maximum Gasteiger partial charge on any atom is 0.156 e. The second-order valence-electron chi connectivity index (χ2n) is 6.74. The van der Waals surface area contributed by atoms with Gasteiger partial charge in [0, 0.05) is 22.2 Å². The number of halogens is 1. The molecule has 0 saturated heterocycles. The van der Waals surface area contributed by atoms with Gasteiger partial charge < -0.3 is 4.42 Å². The Kier molecular flexibility index (Phi) is 4.79. The summed E-state index contributed by atoms with van der Waals surface area (Å²) < 4.78 is 7.87. The van der Waals surface area contributed by atoms with Gasteiger partial charge in [-0.2, -0.15) is 10.2 Å². The average molecular weight is 413 g/mol. The van der Waals surface area contributed by atoms with E-state index in [9.17, 15) is 0 Å². The molecule has 5 aromatic rings. The zero-order valence-electron chi connectivity index (χ0n) is 15.9. The van der Waals surface area contributed by atoms with Gasteiger partial charge in [-0.25, -0.2) is 4.68 Å². The number of benzene rings is 3. The lowest BCUT2D eigenvalue weighted by atomic mass is 10.2. The summed E-state index contributed by atoms with van der Waals surface area (Å²) in [4.78, 5) is 0. The Morgan fingerprint density at radius 1 is 0.933 bits per heavy atom. The first-order chi connectivity index (χ1) is 14.8. The van der Waals surface area contributed by atoms with Gasteiger partial charge in [0.2, 0.25) is 0 Å². The molecule has 3 aromatic carbocycles. The van der Waals surface area contributed by atoms with Crippen LogP contribution in [0.4, 0.5) is 5.69 Å². The summed E-state index contributed by atoms with van der Waals surface area (Å²) in [6.07, 6.45) is 3.68. The minimum absolute atomic E-state index is 0.681. The fourth-order valence-electron chi connectivity index (χ4n) is 3.19. The Balaban J connectivity index is 1.53. The molecule has 5 nitrogen and oxygen atoms in total. The van der Waals surface area contributed by atoms with Gasteiger partial charge >= 0.3 is 0 Å². The van der Waals surface area contributed by atoms with Gasteiger partial charge in [0.15, 0.2) is 5.76 Å². The second-order valence-corrected chi connectivity index (χ2v) is 7.17. The molecule has 0 saturated carbocycles. The molecule has 0 spiro atoms. The van der Waals surface area contributed by atoms with Crippen LogP contribution < -0.4 is 5.43 Å². The monoisotopic (exact) mass is 412 g/mol. The fraction of sp³-hybridized carbons (Fsp3) is 0. The number of hydrogen-bond donors (Lipinski definition) is 1. The maximum atomic E-state index is 6.05. The normalized spacial score (nSPS) is 11.4. The largest absolute Gasteiger partial charge is 0.454 e. The molecule has 0 bridgehead atoms. The van der Waals surface area contributed by atoms with Gasteiger partial charge in [-0.1, -0.05) is 48.0 Å². The van der Waals surface area contributed by atoms with Gasteiger partial charge in [-0.3, -0.25) is 5.43 Å². The van der Waals surface area contributed by atoms with Gasteiger partial charge in [0.25, 0.3) is 0 Å². The van der Waals surface area contributed by atoms with Crippen LogP contribution in [0.2, 0.25) is 5.02 Å². The van der Waals surface area contributed by atoms with Crippen molar-refractivity contribution in [3.63, 3.8) is 0 Å². The number of rotatable bonds is 5. The Morgan fingerprint density at radius 2 is 1.70 bits per heavy atom. The van der Waals surface area contributed by atoms with E-state index in [4.69, 9.17) is 21.1 Å². The zero-order valence-corrected chi connectivity index (χ0v) is 16.6. The number of hydrazone groups is 1. The lowest BCUT2D eigenvalue weighted by molar-refractivity contribution is 0.627. The maximum absolute atomic E-state index is 6.05. The van der Waals surface area contributed by atoms with E-state index in [1.807, 2.05) is 95.8 Å². The van der Waals surface area contributed by atoms with Gasteiger partial charge in [0.05, 0.1) is 17.6 Å². The molecule has 5 rings (SSSR count). The Labute approximate surface area is 178 Å². The summed E-state index contributed by atoms with van der Waals surface area (Å²) in [6, 6.07) is 27.2. The Hall–Kier alpha value is -3.83. The molecule has 0 radical (unpaired) electrons. The van der Waals surface area contributed by atoms with Gasteiger partial charge in [-0.05, 0) is 48.5 Å². The molecule has 30 heavy (non-hydrogen) atoms. The Bertz CT molecular complexity index is 1290. The number of anilines is 1. The lowest BCUT2D eigenvalue weighted by Gasteiger charge is -1.99. The molecule has 0 aliphatic heterocycles. The lowest BCUT2D eigenvalue weighted by Crippen LogP contribution is -1.93. The quantitative estimate of drug-likeness (QED) is 0.269. The van der Waals surface area contributed by atoms with Crippen molar-refractivity contribution in [1.29, 1.82) is 0 Å². The molecular formula is C24H17ClN4O. The van der Waals surface area contributed by atoms with Crippen molar-refractivity contribution < 1.29 is 4.42 Å². The van der Waals surface area contributed by atoms with Crippen LogP contribution in [0.5, 0.6) is 0 Å². The molecule has 0 unspecified atom stereocenters. The first kappa shape index (κ1) is 18.2. The third kappa shape index (κ3) is 3.71. The van der Waals surface area contributed by atoms with Gasteiger partial charge in [0.1, 0.15) is 11.3 Å².